The Balaban J connectivity index is 2.04. The molecule has 0 bridgehead atoms. The van der Waals surface area contributed by atoms with Gasteiger partial charge >= 0.3 is 12.1 Å². The summed E-state index contributed by atoms with van der Waals surface area (Å²) in [5.74, 6) is -1.73. The molecule has 0 spiro atoms. The third-order valence-electron chi connectivity index (χ3n) is 5.12. The van der Waals surface area contributed by atoms with Crippen LogP contribution in [0.25, 0.3) is 5.69 Å². The van der Waals surface area contributed by atoms with Crippen LogP contribution in [0.3, 0.4) is 0 Å². The molecule has 4 rings (SSSR count). The van der Waals surface area contributed by atoms with Crippen LogP contribution in [-0.2, 0) is 11.0 Å². The van der Waals surface area contributed by atoms with Crippen molar-refractivity contribution in [3.8, 4) is 17.2 Å². The molecule has 0 aliphatic carbocycles. The van der Waals surface area contributed by atoms with E-state index >= 15 is 0 Å². The number of ether oxygens (including phenoxy) is 2. The summed E-state index contributed by atoms with van der Waals surface area (Å²) in [4.78, 5) is 11.6. The first-order valence-corrected chi connectivity index (χ1v) is 10.9. The molecule has 0 saturated carbocycles. The summed E-state index contributed by atoms with van der Waals surface area (Å²) >= 11 is 7.38. The topological polar surface area (TPSA) is 86.5 Å². The van der Waals surface area contributed by atoms with Crippen LogP contribution < -0.4 is 9.47 Å². The number of carbonyl (C=O) groups is 1. The summed E-state index contributed by atoms with van der Waals surface area (Å²) in [6, 6.07) is 9.63. The van der Waals surface area contributed by atoms with Crippen LogP contribution >= 0.6 is 23.4 Å². The highest BCUT2D eigenvalue weighted by Gasteiger charge is 2.43. The minimum absolute atomic E-state index is 0.109. The Morgan fingerprint density at radius 1 is 1.18 bits per heavy atom. The Labute approximate surface area is 195 Å². The number of carboxylic acids is 1. The largest absolute Gasteiger partial charge is 0.493 e. The number of nitrogens with zero attached hydrogens (tertiary/aromatic N) is 3. The smallest absolute Gasteiger partial charge is 0.452 e. The molecule has 1 aromatic heterocycles. The SMILES string of the molecule is COc1cccc(C2SC(CC(=O)O)c3nnc(C(F)(F)F)n3-c3ccc(Cl)cc32)c1OC. The molecule has 2 heterocycles. The third-order valence-corrected chi connectivity index (χ3v) is 6.84. The number of thioether (sulfide) groups is 1. The summed E-state index contributed by atoms with van der Waals surface area (Å²) in [6.07, 6.45) is -5.28. The number of aromatic nitrogens is 3. The summed E-state index contributed by atoms with van der Waals surface area (Å²) < 4.78 is 53.3. The van der Waals surface area contributed by atoms with E-state index in [0.717, 1.165) is 16.3 Å². The van der Waals surface area contributed by atoms with E-state index in [2.05, 4.69) is 10.2 Å². The van der Waals surface area contributed by atoms with Crippen molar-refractivity contribution in [3.05, 3.63) is 64.2 Å². The number of hydrogen-bond acceptors (Lipinski definition) is 6. The lowest BCUT2D eigenvalue weighted by atomic mass is 10.0. The first kappa shape index (κ1) is 23.2. The van der Waals surface area contributed by atoms with Gasteiger partial charge in [-0.05, 0) is 29.8 Å². The van der Waals surface area contributed by atoms with Crippen molar-refractivity contribution < 1.29 is 32.5 Å². The Morgan fingerprint density at radius 3 is 2.58 bits per heavy atom. The molecule has 0 amide bonds. The Kier molecular flexibility index (Phi) is 6.19. The molecule has 2 unspecified atom stereocenters. The first-order valence-electron chi connectivity index (χ1n) is 9.56. The molecule has 2 aromatic carbocycles. The van der Waals surface area contributed by atoms with Gasteiger partial charge in [-0.25, -0.2) is 0 Å². The zero-order valence-corrected chi connectivity index (χ0v) is 18.8. The molecule has 12 heteroatoms. The van der Waals surface area contributed by atoms with Crippen LogP contribution in [0, 0.1) is 0 Å². The van der Waals surface area contributed by atoms with Gasteiger partial charge in [0.05, 0.1) is 36.8 Å². The third kappa shape index (κ3) is 4.22. The molecule has 0 radical (unpaired) electrons. The number of rotatable bonds is 5. The number of methoxy groups -OCH3 is 2. The maximum atomic E-state index is 13.8. The second-order valence-electron chi connectivity index (χ2n) is 7.10. The molecule has 7 nitrogen and oxygen atoms in total. The number of para-hydroxylation sites is 1. The number of halogens is 4. The van der Waals surface area contributed by atoms with Gasteiger partial charge in [-0.3, -0.25) is 9.36 Å². The van der Waals surface area contributed by atoms with Crippen molar-refractivity contribution in [2.75, 3.05) is 14.2 Å². The van der Waals surface area contributed by atoms with E-state index in [-0.39, 0.29) is 11.5 Å². The fourth-order valence-electron chi connectivity index (χ4n) is 3.82. The normalized spacial score (nSPS) is 17.6. The van der Waals surface area contributed by atoms with Crippen molar-refractivity contribution in [1.82, 2.24) is 14.8 Å². The highest BCUT2D eigenvalue weighted by Crippen LogP contribution is 2.54. The highest BCUT2D eigenvalue weighted by molar-refractivity contribution is 8.00. The first-order chi connectivity index (χ1) is 15.7. The molecule has 1 aliphatic rings. The molecular weight excluding hydrogens is 483 g/mol. The van der Waals surface area contributed by atoms with E-state index in [1.807, 2.05) is 0 Å². The number of aliphatic carboxylic acids is 1. The van der Waals surface area contributed by atoms with E-state index < -0.39 is 34.9 Å². The van der Waals surface area contributed by atoms with Crippen molar-refractivity contribution in [3.63, 3.8) is 0 Å². The minimum atomic E-state index is -4.81. The molecule has 3 aromatic rings. The van der Waals surface area contributed by atoms with E-state index in [1.54, 1.807) is 24.3 Å². The Morgan fingerprint density at radius 2 is 1.94 bits per heavy atom. The minimum Gasteiger partial charge on any atom is -0.493 e. The predicted molar refractivity (Wildman–Crippen MR) is 115 cm³/mol. The molecule has 33 heavy (non-hydrogen) atoms. The fraction of sp³-hybridized carbons (Fsp3) is 0.286. The van der Waals surface area contributed by atoms with Crippen molar-refractivity contribution in [2.45, 2.75) is 23.1 Å². The number of benzene rings is 2. The van der Waals surface area contributed by atoms with E-state index in [0.29, 0.717) is 27.6 Å². The lowest BCUT2D eigenvalue weighted by Crippen LogP contribution is -2.16. The van der Waals surface area contributed by atoms with E-state index in [1.165, 1.54) is 26.4 Å². The van der Waals surface area contributed by atoms with Gasteiger partial charge in [0.25, 0.3) is 0 Å². The number of alkyl halides is 3. The summed E-state index contributed by atoms with van der Waals surface area (Å²) in [6.45, 7) is 0. The molecule has 0 saturated heterocycles. The summed E-state index contributed by atoms with van der Waals surface area (Å²) in [5.41, 5.74) is 1.17. The van der Waals surface area contributed by atoms with Crippen LogP contribution in [0.1, 0.15) is 39.7 Å². The molecular formula is C21H17ClF3N3O4S. The van der Waals surface area contributed by atoms with Crippen molar-refractivity contribution >= 4 is 29.3 Å². The van der Waals surface area contributed by atoms with Gasteiger partial charge in [-0.15, -0.1) is 22.0 Å². The van der Waals surface area contributed by atoms with Gasteiger partial charge in [-0.1, -0.05) is 23.7 Å². The highest BCUT2D eigenvalue weighted by atomic mass is 35.5. The average Bonchev–Trinajstić information content (AvgIpc) is 3.16. The van der Waals surface area contributed by atoms with Crippen LogP contribution in [-0.4, -0.2) is 40.1 Å². The Hall–Kier alpha value is -2.92. The van der Waals surface area contributed by atoms with Gasteiger partial charge in [0, 0.05) is 10.6 Å². The van der Waals surface area contributed by atoms with Crippen LogP contribution in [0.4, 0.5) is 13.2 Å². The fourth-order valence-corrected chi connectivity index (χ4v) is 5.51. The summed E-state index contributed by atoms with van der Waals surface area (Å²) in [5, 5.41) is 15.3. The number of fused-ring (bicyclic) bond motifs is 3. The van der Waals surface area contributed by atoms with Gasteiger partial charge in [0.2, 0.25) is 5.82 Å². The molecule has 0 fully saturated rings. The van der Waals surface area contributed by atoms with Gasteiger partial charge < -0.3 is 14.6 Å². The second-order valence-corrected chi connectivity index (χ2v) is 8.85. The van der Waals surface area contributed by atoms with Gasteiger partial charge in [0.15, 0.2) is 17.3 Å². The molecule has 174 valence electrons. The average molecular weight is 500 g/mol. The second kappa shape index (κ2) is 8.79. The Bertz CT molecular complexity index is 1220. The molecule has 2 atom stereocenters. The lowest BCUT2D eigenvalue weighted by Gasteiger charge is -2.23. The van der Waals surface area contributed by atoms with E-state index in [9.17, 15) is 23.1 Å². The van der Waals surface area contributed by atoms with Crippen LogP contribution in [0.2, 0.25) is 5.02 Å². The van der Waals surface area contributed by atoms with Gasteiger partial charge in [-0.2, -0.15) is 13.2 Å². The van der Waals surface area contributed by atoms with Crippen molar-refractivity contribution in [1.29, 1.82) is 0 Å². The quantitative estimate of drug-likeness (QED) is 0.509. The molecule has 1 aliphatic heterocycles. The predicted octanol–water partition coefficient (Wildman–Crippen LogP) is 5.31. The maximum absolute atomic E-state index is 13.8. The zero-order chi connectivity index (χ0) is 23.9. The van der Waals surface area contributed by atoms with E-state index in [4.69, 9.17) is 21.1 Å². The standard InChI is InChI=1S/C21H17ClF3N3O4S/c1-31-14-5-3-4-11(17(14)32-2)18-12-8-10(22)6-7-13(12)28-19(15(33-18)9-16(29)30)26-27-20(28)21(23,24)25/h3-8,15,18H,9H2,1-2H3,(H,29,30). The molecule has 1 N–H and O–H groups in total. The number of hydrogen-bond donors (Lipinski definition) is 1. The maximum Gasteiger partial charge on any atom is 0.452 e. The van der Waals surface area contributed by atoms with Crippen LogP contribution in [0.15, 0.2) is 36.4 Å². The van der Waals surface area contributed by atoms with Gasteiger partial charge in [0.1, 0.15) is 0 Å². The zero-order valence-electron chi connectivity index (χ0n) is 17.3. The van der Waals surface area contributed by atoms with Crippen LogP contribution in [0.5, 0.6) is 11.5 Å². The summed E-state index contributed by atoms with van der Waals surface area (Å²) in [7, 11) is 2.92. The lowest BCUT2D eigenvalue weighted by molar-refractivity contribution is -0.146. The van der Waals surface area contributed by atoms with Crippen molar-refractivity contribution in [2.24, 2.45) is 0 Å². The number of carboxylic acid groups (broad SMARTS) is 1. The monoisotopic (exact) mass is 499 g/mol.